The van der Waals surface area contributed by atoms with Crippen molar-refractivity contribution in [2.75, 3.05) is 0 Å². The molecular formula is C8H16O4Ti. The third kappa shape index (κ3) is 1.94. The maximum atomic E-state index is 11.0. The van der Waals surface area contributed by atoms with Crippen molar-refractivity contribution in [3.63, 3.8) is 0 Å². The van der Waals surface area contributed by atoms with Gasteiger partial charge in [0.05, 0.1) is 0 Å². The normalized spacial score (nSPS) is 12.2. The number of hydrogen-bond donors (Lipinski definition) is 2. The van der Waals surface area contributed by atoms with Crippen molar-refractivity contribution in [1.29, 1.82) is 0 Å². The van der Waals surface area contributed by atoms with Gasteiger partial charge in [0, 0.05) is 0 Å². The van der Waals surface area contributed by atoms with Gasteiger partial charge in [-0.1, -0.05) is 0 Å². The zero-order valence-corrected chi connectivity index (χ0v) is 9.93. The van der Waals surface area contributed by atoms with Crippen molar-refractivity contribution < 1.29 is 36.4 Å². The molecule has 0 unspecified atom stereocenters. The monoisotopic (exact) mass is 224 g/mol. The van der Waals surface area contributed by atoms with Crippen molar-refractivity contribution in [2.24, 2.45) is 0 Å². The molecule has 0 aliphatic heterocycles. The molecule has 0 rings (SSSR count). The van der Waals surface area contributed by atoms with Crippen LogP contribution in [0.4, 0.5) is 9.59 Å². The molecule has 76 valence electrons. The molecule has 5 heteroatoms. The fourth-order valence-corrected chi connectivity index (χ4v) is 7.20. The predicted octanol–water partition coefficient (Wildman–Crippen LogP) is 3.15. The van der Waals surface area contributed by atoms with E-state index in [1.807, 2.05) is 0 Å². The van der Waals surface area contributed by atoms with Crippen molar-refractivity contribution in [3.8, 4) is 0 Å². The molecule has 0 radical (unpaired) electrons. The van der Waals surface area contributed by atoms with E-state index in [4.69, 9.17) is 10.2 Å². The molecule has 0 aromatic rings. The molecule has 0 saturated heterocycles. The summed E-state index contributed by atoms with van der Waals surface area (Å²) < 4.78 is -2.63. The van der Waals surface area contributed by atoms with E-state index in [0.717, 1.165) is 0 Å². The Hall–Kier alpha value is -0.346. The van der Waals surface area contributed by atoms with Gasteiger partial charge in [-0.3, -0.25) is 0 Å². The van der Waals surface area contributed by atoms with Crippen LogP contribution in [0.5, 0.6) is 0 Å². The number of rotatable bonds is 4. The van der Waals surface area contributed by atoms with Gasteiger partial charge in [0.15, 0.2) is 0 Å². The van der Waals surface area contributed by atoms with Crippen LogP contribution in [0.1, 0.15) is 27.7 Å². The first-order chi connectivity index (χ1) is 5.77. The molecule has 0 aromatic carbocycles. The van der Waals surface area contributed by atoms with Gasteiger partial charge in [-0.05, 0) is 0 Å². The van der Waals surface area contributed by atoms with E-state index in [9.17, 15) is 9.59 Å². The van der Waals surface area contributed by atoms with Crippen LogP contribution < -0.4 is 0 Å². The zero-order valence-electron chi connectivity index (χ0n) is 8.37. The van der Waals surface area contributed by atoms with Gasteiger partial charge in [-0.25, -0.2) is 0 Å². The van der Waals surface area contributed by atoms with Crippen molar-refractivity contribution in [3.05, 3.63) is 0 Å². The summed E-state index contributed by atoms with van der Waals surface area (Å²) in [6.07, 6.45) is 0. The van der Waals surface area contributed by atoms with Crippen LogP contribution in [-0.2, 0) is 16.6 Å². The van der Waals surface area contributed by atoms with Crippen molar-refractivity contribution >= 4 is 8.55 Å². The Morgan fingerprint density at radius 3 is 1.15 bits per heavy atom. The molecule has 0 atom stereocenters. The summed E-state index contributed by atoms with van der Waals surface area (Å²) in [5, 5.41) is 18.1. The van der Waals surface area contributed by atoms with E-state index in [1.54, 1.807) is 27.7 Å². The topological polar surface area (TPSA) is 74.6 Å². The molecular weight excluding hydrogens is 208 g/mol. The van der Waals surface area contributed by atoms with Crippen LogP contribution in [-0.4, -0.2) is 18.8 Å². The summed E-state index contributed by atoms with van der Waals surface area (Å²) in [6, 6.07) is 0. The van der Waals surface area contributed by atoms with Crippen LogP contribution >= 0.6 is 0 Å². The Balaban J connectivity index is 5.32. The minimum absolute atomic E-state index is 0.241. The molecule has 2 N–H and O–H groups in total. The third-order valence-electron chi connectivity index (χ3n) is 2.53. The average Bonchev–Trinajstić information content (AvgIpc) is 1.82. The Morgan fingerprint density at radius 2 is 1.15 bits per heavy atom. The Morgan fingerprint density at radius 1 is 0.923 bits per heavy atom. The first kappa shape index (κ1) is 12.7. The molecule has 13 heavy (non-hydrogen) atoms. The zero-order chi connectivity index (χ0) is 10.8. The van der Waals surface area contributed by atoms with Crippen LogP contribution in [0, 0.1) is 0 Å². The fraction of sp³-hybridized carbons (Fsp3) is 0.750. The van der Waals surface area contributed by atoms with Crippen LogP contribution in [0.25, 0.3) is 0 Å². The minimum atomic E-state index is -3.83. The number of hydrogen-bond acceptors (Lipinski definition) is 2. The molecule has 0 spiro atoms. The van der Waals surface area contributed by atoms with E-state index in [-0.39, 0.29) is 8.45 Å². The van der Waals surface area contributed by atoms with Crippen LogP contribution in [0.15, 0.2) is 0 Å². The van der Waals surface area contributed by atoms with Crippen LogP contribution in [0.3, 0.4) is 0 Å². The van der Waals surface area contributed by atoms with Gasteiger partial charge in [0.2, 0.25) is 0 Å². The van der Waals surface area contributed by atoms with Gasteiger partial charge >= 0.3 is 81.1 Å². The second-order valence-corrected chi connectivity index (χ2v) is 11.4. The molecule has 0 bridgehead atoms. The second-order valence-electron chi connectivity index (χ2n) is 3.79. The summed E-state index contributed by atoms with van der Waals surface area (Å²) in [5.41, 5.74) is 0. The molecule has 0 aliphatic carbocycles. The van der Waals surface area contributed by atoms with E-state index in [0.29, 0.717) is 0 Å². The first-order valence-corrected chi connectivity index (χ1v) is 7.61. The van der Waals surface area contributed by atoms with E-state index in [1.165, 1.54) is 0 Å². The SMILES string of the molecule is C[CH](C)[Ti]([C](=O)O)([C](=O)O)[CH](C)C. The van der Waals surface area contributed by atoms with Crippen molar-refractivity contribution in [2.45, 2.75) is 36.1 Å². The van der Waals surface area contributed by atoms with Gasteiger partial charge in [-0.15, -0.1) is 0 Å². The summed E-state index contributed by atoms with van der Waals surface area (Å²) in [4.78, 5) is 22.1. The Kier molecular flexibility index (Phi) is 4.13. The van der Waals surface area contributed by atoms with Gasteiger partial charge in [0.25, 0.3) is 0 Å². The van der Waals surface area contributed by atoms with Gasteiger partial charge in [0.1, 0.15) is 0 Å². The maximum absolute atomic E-state index is 11.0. The average molecular weight is 224 g/mol. The van der Waals surface area contributed by atoms with E-state index in [2.05, 4.69) is 0 Å². The van der Waals surface area contributed by atoms with E-state index >= 15 is 0 Å². The second kappa shape index (κ2) is 4.24. The van der Waals surface area contributed by atoms with Gasteiger partial charge < -0.3 is 0 Å². The van der Waals surface area contributed by atoms with Crippen LogP contribution in [0.2, 0.25) is 8.45 Å². The molecule has 0 saturated carbocycles. The van der Waals surface area contributed by atoms with E-state index < -0.39 is 25.1 Å². The molecule has 0 aliphatic rings. The Bertz CT molecular complexity index is 198. The van der Waals surface area contributed by atoms with Crippen molar-refractivity contribution in [1.82, 2.24) is 0 Å². The molecule has 0 amide bonds. The first-order valence-electron chi connectivity index (χ1n) is 4.24. The summed E-state index contributed by atoms with van der Waals surface area (Å²) >= 11 is -3.83. The molecule has 0 fully saturated rings. The molecule has 0 aromatic heterocycles. The summed E-state index contributed by atoms with van der Waals surface area (Å²) in [5.74, 6) is 0. The Labute approximate surface area is 81.3 Å². The quantitative estimate of drug-likeness (QED) is 0.719. The number of carboxylic acid groups (broad SMARTS) is 2. The summed E-state index contributed by atoms with van der Waals surface area (Å²) in [6.45, 7) is 6.79. The fourth-order valence-electron chi connectivity index (χ4n) is 1.75. The third-order valence-corrected chi connectivity index (χ3v) is 10.4. The number of carbonyl (C=O) groups is 2. The standard InChI is InChI=1S/2C3H7.2CHO2.Ti/c2*1-3-2;2*2-1-3;/h2*3H,1-2H3;2*(H,2,3);. The molecule has 0 heterocycles. The predicted molar refractivity (Wildman–Crippen MR) is 46.2 cm³/mol. The summed E-state index contributed by atoms with van der Waals surface area (Å²) in [7, 11) is 0. The molecule has 4 nitrogen and oxygen atoms in total. The van der Waals surface area contributed by atoms with Gasteiger partial charge in [-0.2, -0.15) is 0 Å².